The van der Waals surface area contributed by atoms with Crippen LogP contribution >= 0.6 is 0 Å². The van der Waals surface area contributed by atoms with E-state index >= 15 is 0 Å². The minimum absolute atomic E-state index is 0.648. The molecule has 0 heterocycles. The lowest BCUT2D eigenvalue weighted by atomic mass is 10.2. The topological polar surface area (TPSA) is 9.23 Å². The standard InChI is InChI=1S/C16H32OSi/c1-8-9-10-11-12-13-17-18(14(2)3,15(4)5)16(6)7/h8,12-16H,1,9-11H2,2-7H3. The van der Waals surface area contributed by atoms with Gasteiger partial charge in [-0.15, -0.1) is 6.58 Å². The smallest absolute Gasteiger partial charge is 0.257 e. The second-order valence-corrected chi connectivity index (χ2v) is 11.4. The summed E-state index contributed by atoms with van der Waals surface area (Å²) in [6.45, 7) is 17.6. The van der Waals surface area contributed by atoms with Gasteiger partial charge in [0.1, 0.15) is 0 Å². The Balaban J connectivity index is 4.56. The van der Waals surface area contributed by atoms with Gasteiger partial charge in [-0.1, -0.05) is 53.7 Å². The second-order valence-electron chi connectivity index (χ2n) is 6.03. The normalized spacial score (nSPS) is 12.9. The molecule has 0 saturated carbocycles. The van der Waals surface area contributed by atoms with Crippen molar-refractivity contribution in [2.24, 2.45) is 0 Å². The minimum Gasteiger partial charge on any atom is -0.548 e. The van der Waals surface area contributed by atoms with Gasteiger partial charge in [0.15, 0.2) is 0 Å². The summed E-state index contributed by atoms with van der Waals surface area (Å²) in [5, 5.41) is 0. The molecule has 0 bridgehead atoms. The molecule has 106 valence electrons. The van der Waals surface area contributed by atoms with Crippen molar-refractivity contribution in [3.63, 3.8) is 0 Å². The molecule has 0 rings (SSSR count). The van der Waals surface area contributed by atoms with Crippen LogP contribution in [-0.4, -0.2) is 8.32 Å². The molecule has 0 spiro atoms. The van der Waals surface area contributed by atoms with E-state index in [1.54, 1.807) is 0 Å². The quantitative estimate of drug-likeness (QED) is 0.214. The Labute approximate surface area is 115 Å². The average Bonchev–Trinajstić information content (AvgIpc) is 2.26. The summed E-state index contributed by atoms with van der Waals surface area (Å²) < 4.78 is 6.33. The summed E-state index contributed by atoms with van der Waals surface area (Å²) in [5.74, 6) is 0. The van der Waals surface area contributed by atoms with Crippen molar-refractivity contribution in [2.45, 2.75) is 77.4 Å². The zero-order valence-corrected chi connectivity index (χ0v) is 14.2. The fourth-order valence-electron chi connectivity index (χ4n) is 3.02. The summed E-state index contributed by atoms with van der Waals surface area (Å²) in [6, 6.07) is 0. The Kier molecular flexibility index (Phi) is 8.33. The summed E-state index contributed by atoms with van der Waals surface area (Å²) in [5.41, 5.74) is 1.95. The van der Waals surface area contributed by atoms with Crippen LogP contribution in [0.5, 0.6) is 0 Å². The van der Waals surface area contributed by atoms with Crippen molar-refractivity contribution in [3.05, 3.63) is 25.0 Å². The van der Waals surface area contributed by atoms with Crippen molar-refractivity contribution in [1.29, 1.82) is 0 Å². The van der Waals surface area contributed by atoms with Crippen LogP contribution in [0.3, 0.4) is 0 Å². The Morgan fingerprint density at radius 1 is 0.944 bits per heavy atom. The molecule has 0 saturated heterocycles. The maximum Gasteiger partial charge on any atom is 0.257 e. The first-order valence-corrected chi connectivity index (χ1v) is 9.47. The third-order valence-corrected chi connectivity index (χ3v) is 9.81. The minimum atomic E-state index is -1.70. The first kappa shape index (κ1) is 17.5. The molecule has 0 amide bonds. The Bertz CT molecular complexity index is 232. The average molecular weight is 269 g/mol. The first-order chi connectivity index (χ1) is 8.39. The monoisotopic (exact) mass is 268 g/mol. The molecule has 0 fully saturated rings. The molecule has 0 aromatic carbocycles. The van der Waals surface area contributed by atoms with Crippen LogP contribution in [0.2, 0.25) is 16.6 Å². The van der Waals surface area contributed by atoms with E-state index in [1.165, 1.54) is 6.42 Å². The molecule has 2 heteroatoms. The first-order valence-electron chi connectivity index (χ1n) is 7.33. The molecule has 18 heavy (non-hydrogen) atoms. The van der Waals surface area contributed by atoms with Gasteiger partial charge in [-0.05, 0) is 35.9 Å². The molecule has 0 aromatic heterocycles. The fourth-order valence-corrected chi connectivity index (χ4v) is 8.17. The zero-order chi connectivity index (χ0) is 14.2. The van der Waals surface area contributed by atoms with E-state index in [0.29, 0.717) is 16.6 Å². The number of rotatable bonds is 9. The van der Waals surface area contributed by atoms with Crippen LogP contribution in [-0.2, 0) is 4.43 Å². The fraction of sp³-hybridized carbons (Fsp3) is 0.750. The van der Waals surface area contributed by atoms with Crippen LogP contribution in [0.4, 0.5) is 0 Å². The van der Waals surface area contributed by atoms with Gasteiger partial charge in [0.25, 0.3) is 8.32 Å². The highest BCUT2D eigenvalue weighted by Crippen LogP contribution is 2.42. The van der Waals surface area contributed by atoms with E-state index < -0.39 is 8.32 Å². The molecule has 0 N–H and O–H groups in total. The summed E-state index contributed by atoms with van der Waals surface area (Å²) in [6.07, 6.45) is 9.48. The van der Waals surface area contributed by atoms with Crippen molar-refractivity contribution >= 4 is 8.32 Å². The predicted octanol–water partition coefficient (Wildman–Crippen LogP) is 6.05. The third kappa shape index (κ3) is 4.64. The van der Waals surface area contributed by atoms with Crippen LogP contribution in [0.25, 0.3) is 0 Å². The van der Waals surface area contributed by atoms with Gasteiger partial charge in [0.2, 0.25) is 0 Å². The van der Waals surface area contributed by atoms with Gasteiger partial charge in [0.05, 0.1) is 6.26 Å². The molecule has 0 unspecified atom stereocenters. The molecule has 0 atom stereocenters. The Morgan fingerprint density at radius 2 is 1.44 bits per heavy atom. The highest BCUT2D eigenvalue weighted by Gasteiger charge is 2.46. The van der Waals surface area contributed by atoms with E-state index in [4.69, 9.17) is 4.43 Å². The van der Waals surface area contributed by atoms with Crippen molar-refractivity contribution in [2.75, 3.05) is 0 Å². The lowest BCUT2D eigenvalue weighted by molar-refractivity contribution is 0.414. The molecule has 0 radical (unpaired) electrons. The van der Waals surface area contributed by atoms with E-state index in [0.717, 1.165) is 12.8 Å². The molecule has 0 aliphatic carbocycles. The van der Waals surface area contributed by atoms with Gasteiger partial charge in [-0.3, -0.25) is 0 Å². The highest BCUT2D eigenvalue weighted by molar-refractivity contribution is 6.77. The Hall–Kier alpha value is -0.503. The van der Waals surface area contributed by atoms with Crippen molar-refractivity contribution < 1.29 is 4.43 Å². The molecule has 1 nitrogen and oxygen atoms in total. The number of unbranched alkanes of at least 4 members (excludes halogenated alkanes) is 2. The van der Waals surface area contributed by atoms with Crippen LogP contribution in [0, 0.1) is 0 Å². The van der Waals surface area contributed by atoms with E-state index in [-0.39, 0.29) is 0 Å². The molecule has 0 aliphatic heterocycles. The van der Waals surface area contributed by atoms with E-state index in [9.17, 15) is 0 Å². The second kappa shape index (κ2) is 8.57. The molecule has 0 aliphatic rings. The Morgan fingerprint density at radius 3 is 1.83 bits per heavy atom. The lowest BCUT2D eigenvalue weighted by Gasteiger charge is -2.41. The molecular weight excluding hydrogens is 236 g/mol. The van der Waals surface area contributed by atoms with Crippen LogP contribution in [0.15, 0.2) is 25.0 Å². The summed E-state index contributed by atoms with van der Waals surface area (Å²) in [7, 11) is -1.70. The number of allylic oxidation sites excluding steroid dienone is 2. The van der Waals surface area contributed by atoms with Crippen molar-refractivity contribution in [3.8, 4) is 0 Å². The van der Waals surface area contributed by atoms with E-state index in [1.807, 2.05) is 12.3 Å². The lowest BCUT2D eigenvalue weighted by Crippen LogP contribution is -2.46. The highest BCUT2D eigenvalue weighted by atomic mass is 28.4. The van der Waals surface area contributed by atoms with Crippen LogP contribution < -0.4 is 0 Å². The maximum absolute atomic E-state index is 6.33. The number of hydrogen-bond donors (Lipinski definition) is 0. The van der Waals surface area contributed by atoms with Gasteiger partial charge in [-0.2, -0.15) is 0 Å². The summed E-state index contributed by atoms with van der Waals surface area (Å²) in [4.78, 5) is 0. The predicted molar refractivity (Wildman–Crippen MR) is 85.3 cm³/mol. The maximum atomic E-state index is 6.33. The molecule has 0 aromatic rings. The largest absolute Gasteiger partial charge is 0.548 e. The van der Waals surface area contributed by atoms with Crippen LogP contribution in [0.1, 0.15) is 60.8 Å². The summed E-state index contributed by atoms with van der Waals surface area (Å²) >= 11 is 0. The van der Waals surface area contributed by atoms with Gasteiger partial charge < -0.3 is 4.43 Å². The zero-order valence-electron chi connectivity index (χ0n) is 13.2. The van der Waals surface area contributed by atoms with E-state index in [2.05, 4.69) is 54.2 Å². The van der Waals surface area contributed by atoms with Crippen molar-refractivity contribution in [1.82, 2.24) is 0 Å². The number of hydrogen-bond acceptors (Lipinski definition) is 1. The third-order valence-electron chi connectivity index (χ3n) is 3.85. The van der Waals surface area contributed by atoms with Gasteiger partial charge in [-0.25, -0.2) is 0 Å². The molecular formula is C16H32OSi. The SMILES string of the molecule is C=CCCCC=CO[Si](C(C)C)(C(C)C)C(C)C. The van der Waals surface area contributed by atoms with Gasteiger partial charge >= 0.3 is 0 Å². The van der Waals surface area contributed by atoms with Gasteiger partial charge in [0, 0.05) is 0 Å².